The van der Waals surface area contributed by atoms with E-state index in [0.717, 1.165) is 17.1 Å². The minimum Gasteiger partial charge on any atom is -0.464 e. The van der Waals surface area contributed by atoms with Crippen molar-refractivity contribution in [2.75, 3.05) is 5.32 Å². The Hall–Kier alpha value is -3.27. The molecule has 1 N–H and O–H groups in total. The van der Waals surface area contributed by atoms with Gasteiger partial charge in [-0.15, -0.1) is 0 Å². The Bertz CT molecular complexity index is 1120. The summed E-state index contributed by atoms with van der Waals surface area (Å²) < 4.78 is 7.82. The standard InChI is InChI=1S/C20H14N2O2/c23-20-13-6-1-4-10-18(13)24-12-14(20)19-17-9-5-11-22(17)16-8-3-2-7-15(16)21-19/h1-12,19,21H. The topological polar surface area (TPSA) is 47.2 Å². The van der Waals surface area contributed by atoms with Crippen LogP contribution in [0.2, 0.25) is 0 Å². The van der Waals surface area contributed by atoms with Crippen LogP contribution in [0.1, 0.15) is 17.3 Å². The van der Waals surface area contributed by atoms with Gasteiger partial charge in [0.15, 0.2) is 5.43 Å². The Balaban J connectivity index is 1.75. The number of anilines is 1. The molecule has 4 aromatic rings. The number of para-hydroxylation sites is 3. The van der Waals surface area contributed by atoms with Gasteiger partial charge in [-0.3, -0.25) is 4.79 Å². The van der Waals surface area contributed by atoms with Crippen LogP contribution in [0.3, 0.4) is 0 Å². The normalized spacial score (nSPS) is 15.6. The fourth-order valence-corrected chi connectivity index (χ4v) is 3.41. The lowest BCUT2D eigenvalue weighted by atomic mass is 10.0. The quantitative estimate of drug-likeness (QED) is 0.575. The summed E-state index contributed by atoms with van der Waals surface area (Å²) in [7, 11) is 0. The van der Waals surface area contributed by atoms with E-state index in [2.05, 4.69) is 16.0 Å². The van der Waals surface area contributed by atoms with Gasteiger partial charge in [0, 0.05) is 11.9 Å². The Kier molecular flexibility index (Phi) is 2.67. The summed E-state index contributed by atoms with van der Waals surface area (Å²) >= 11 is 0. The summed E-state index contributed by atoms with van der Waals surface area (Å²) in [5.74, 6) is 0. The van der Waals surface area contributed by atoms with E-state index in [0.29, 0.717) is 16.5 Å². The van der Waals surface area contributed by atoms with Gasteiger partial charge in [-0.25, -0.2) is 0 Å². The number of rotatable bonds is 1. The first-order chi connectivity index (χ1) is 11.8. The van der Waals surface area contributed by atoms with Crippen LogP contribution in [0.5, 0.6) is 0 Å². The first kappa shape index (κ1) is 13.2. The molecule has 0 spiro atoms. The first-order valence-electron chi connectivity index (χ1n) is 7.86. The fraction of sp³-hybridized carbons (Fsp3) is 0.0500. The highest BCUT2D eigenvalue weighted by Crippen LogP contribution is 2.36. The molecule has 0 aliphatic carbocycles. The summed E-state index contributed by atoms with van der Waals surface area (Å²) in [5, 5.41) is 4.09. The highest BCUT2D eigenvalue weighted by atomic mass is 16.3. The molecule has 2 aromatic carbocycles. The first-order valence-corrected chi connectivity index (χ1v) is 7.86. The third-order valence-corrected chi connectivity index (χ3v) is 4.56. The number of benzene rings is 2. The van der Waals surface area contributed by atoms with Crippen molar-refractivity contribution in [3.05, 3.63) is 94.6 Å². The van der Waals surface area contributed by atoms with Crippen LogP contribution in [0.25, 0.3) is 16.7 Å². The monoisotopic (exact) mass is 314 g/mol. The van der Waals surface area contributed by atoms with E-state index in [9.17, 15) is 4.79 Å². The second-order valence-electron chi connectivity index (χ2n) is 5.91. The zero-order valence-corrected chi connectivity index (χ0v) is 12.8. The van der Waals surface area contributed by atoms with Crippen LogP contribution in [-0.2, 0) is 0 Å². The molecule has 4 heteroatoms. The van der Waals surface area contributed by atoms with Gasteiger partial charge < -0.3 is 14.3 Å². The van der Waals surface area contributed by atoms with E-state index in [-0.39, 0.29) is 11.5 Å². The van der Waals surface area contributed by atoms with Crippen LogP contribution in [0, 0.1) is 0 Å². The highest BCUT2D eigenvalue weighted by Gasteiger charge is 2.27. The Morgan fingerprint density at radius 2 is 1.79 bits per heavy atom. The van der Waals surface area contributed by atoms with E-state index in [1.54, 1.807) is 12.3 Å². The lowest BCUT2D eigenvalue weighted by molar-refractivity contribution is 0.587. The third-order valence-electron chi connectivity index (χ3n) is 4.56. The third kappa shape index (κ3) is 1.77. The average molecular weight is 314 g/mol. The summed E-state index contributed by atoms with van der Waals surface area (Å²) in [5.41, 5.74) is 4.33. The largest absolute Gasteiger partial charge is 0.464 e. The van der Waals surface area contributed by atoms with E-state index in [4.69, 9.17) is 4.42 Å². The van der Waals surface area contributed by atoms with Crippen LogP contribution in [-0.4, -0.2) is 4.57 Å². The number of hydrogen-bond donors (Lipinski definition) is 1. The maximum atomic E-state index is 13.0. The van der Waals surface area contributed by atoms with Gasteiger partial charge in [0.05, 0.1) is 28.4 Å². The van der Waals surface area contributed by atoms with Crippen LogP contribution in [0.4, 0.5) is 5.69 Å². The maximum absolute atomic E-state index is 13.0. The number of aromatic nitrogens is 1. The molecule has 0 bridgehead atoms. The van der Waals surface area contributed by atoms with Gasteiger partial charge >= 0.3 is 0 Å². The molecule has 1 aliphatic heterocycles. The van der Waals surface area contributed by atoms with Crippen LogP contribution < -0.4 is 10.7 Å². The molecule has 0 fully saturated rings. The molecule has 1 atom stereocenters. The molecule has 3 heterocycles. The molecular formula is C20H14N2O2. The molecule has 1 aliphatic rings. The SMILES string of the molecule is O=c1c(C2Nc3ccccc3-n3cccc32)coc2ccccc12. The van der Waals surface area contributed by atoms with Crippen molar-refractivity contribution in [2.45, 2.75) is 6.04 Å². The predicted octanol–water partition coefficient (Wildman–Crippen LogP) is 4.10. The van der Waals surface area contributed by atoms with E-state index in [1.165, 1.54) is 0 Å². The molecule has 0 amide bonds. The van der Waals surface area contributed by atoms with Crippen molar-refractivity contribution in [3.63, 3.8) is 0 Å². The van der Waals surface area contributed by atoms with Crippen LogP contribution in [0.15, 0.2) is 82.3 Å². The van der Waals surface area contributed by atoms with Crippen molar-refractivity contribution in [3.8, 4) is 5.69 Å². The van der Waals surface area contributed by atoms with Gasteiger partial charge in [-0.2, -0.15) is 0 Å². The number of nitrogens with one attached hydrogen (secondary N) is 1. The van der Waals surface area contributed by atoms with Crippen molar-refractivity contribution in [2.24, 2.45) is 0 Å². The van der Waals surface area contributed by atoms with Crippen molar-refractivity contribution < 1.29 is 4.42 Å². The van der Waals surface area contributed by atoms with Gasteiger partial charge in [0.1, 0.15) is 11.8 Å². The number of fused-ring (bicyclic) bond motifs is 4. The van der Waals surface area contributed by atoms with Crippen molar-refractivity contribution in [1.82, 2.24) is 4.57 Å². The summed E-state index contributed by atoms with van der Waals surface area (Å²) in [6.45, 7) is 0. The molecule has 5 rings (SSSR count). The minimum atomic E-state index is -0.240. The molecule has 24 heavy (non-hydrogen) atoms. The summed E-state index contributed by atoms with van der Waals surface area (Å²) in [6.07, 6.45) is 3.60. The molecule has 0 saturated heterocycles. The smallest absolute Gasteiger partial charge is 0.198 e. The molecule has 116 valence electrons. The molecule has 0 radical (unpaired) electrons. The second kappa shape index (κ2) is 4.86. The lowest BCUT2D eigenvalue weighted by Gasteiger charge is -2.29. The van der Waals surface area contributed by atoms with E-state index < -0.39 is 0 Å². The number of nitrogens with zero attached hydrogens (tertiary/aromatic N) is 1. The predicted molar refractivity (Wildman–Crippen MR) is 93.7 cm³/mol. The molecule has 2 aromatic heterocycles. The highest BCUT2D eigenvalue weighted by molar-refractivity contribution is 5.77. The average Bonchev–Trinajstić information content (AvgIpc) is 3.12. The van der Waals surface area contributed by atoms with Gasteiger partial charge in [0.25, 0.3) is 0 Å². The molecule has 1 unspecified atom stereocenters. The van der Waals surface area contributed by atoms with Gasteiger partial charge in [-0.05, 0) is 36.4 Å². The van der Waals surface area contributed by atoms with Gasteiger partial charge in [0.2, 0.25) is 0 Å². The number of hydrogen-bond acceptors (Lipinski definition) is 3. The van der Waals surface area contributed by atoms with Crippen molar-refractivity contribution >= 4 is 16.7 Å². The zero-order valence-electron chi connectivity index (χ0n) is 12.8. The zero-order chi connectivity index (χ0) is 16.1. The Morgan fingerprint density at radius 3 is 2.75 bits per heavy atom. The van der Waals surface area contributed by atoms with Gasteiger partial charge in [-0.1, -0.05) is 24.3 Å². The molecule has 0 saturated carbocycles. The fourth-order valence-electron chi connectivity index (χ4n) is 3.41. The minimum absolute atomic E-state index is 0.00137. The van der Waals surface area contributed by atoms with E-state index >= 15 is 0 Å². The maximum Gasteiger partial charge on any atom is 0.198 e. The Labute approximate surface area is 138 Å². The summed E-state index contributed by atoms with van der Waals surface area (Å²) in [6, 6.07) is 19.2. The Morgan fingerprint density at radius 1 is 0.958 bits per heavy atom. The lowest BCUT2D eigenvalue weighted by Crippen LogP contribution is -2.26. The second-order valence-corrected chi connectivity index (χ2v) is 5.91. The van der Waals surface area contributed by atoms with Crippen LogP contribution >= 0.6 is 0 Å². The molecule has 4 nitrogen and oxygen atoms in total. The van der Waals surface area contributed by atoms with Crippen molar-refractivity contribution in [1.29, 1.82) is 0 Å². The summed E-state index contributed by atoms with van der Waals surface area (Å²) in [4.78, 5) is 13.0. The van der Waals surface area contributed by atoms with E-state index in [1.807, 2.05) is 54.7 Å². The molecular weight excluding hydrogens is 300 g/mol.